The summed E-state index contributed by atoms with van der Waals surface area (Å²) in [5.41, 5.74) is 7.23. The first-order chi connectivity index (χ1) is 3.66. The number of hydrogen-bond donors (Lipinski definition) is 3. The SMILES string of the molecule is C[C@@H](N)CC(=O)NN. The van der Waals surface area contributed by atoms with Crippen molar-refractivity contribution in [3.8, 4) is 0 Å². The Balaban J connectivity index is 3.25. The van der Waals surface area contributed by atoms with Gasteiger partial charge in [-0.25, -0.2) is 5.84 Å². The molecule has 8 heavy (non-hydrogen) atoms. The summed E-state index contributed by atoms with van der Waals surface area (Å²) >= 11 is 0. The van der Waals surface area contributed by atoms with Crippen LogP contribution in [0.15, 0.2) is 0 Å². The average Bonchev–Trinajstić information content (AvgIpc) is 1.65. The van der Waals surface area contributed by atoms with E-state index < -0.39 is 0 Å². The molecule has 0 rings (SSSR count). The number of hydrogen-bond acceptors (Lipinski definition) is 3. The summed E-state index contributed by atoms with van der Waals surface area (Å²) in [4.78, 5) is 10.3. The second kappa shape index (κ2) is 3.40. The Bertz CT molecular complexity index is 81.4. The van der Waals surface area contributed by atoms with Gasteiger partial charge >= 0.3 is 0 Å². The number of nitrogens with one attached hydrogen (secondary N) is 1. The van der Waals surface area contributed by atoms with E-state index >= 15 is 0 Å². The quantitative estimate of drug-likeness (QED) is 0.239. The van der Waals surface area contributed by atoms with Crippen molar-refractivity contribution in [1.82, 2.24) is 5.43 Å². The number of nitrogens with two attached hydrogens (primary N) is 2. The largest absolute Gasteiger partial charge is 0.327 e. The summed E-state index contributed by atoms with van der Waals surface area (Å²) in [6.07, 6.45) is 0.288. The molecule has 0 aromatic heterocycles. The fraction of sp³-hybridized carbons (Fsp3) is 0.750. The fourth-order valence-electron chi connectivity index (χ4n) is 0.351. The van der Waals surface area contributed by atoms with Crippen LogP contribution in [-0.2, 0) is 4.79 Å². The van der Waals surface area contributed by atoms with Gasteiger partial charge in [0.15, 0.2) is 0 Å². The van der Waals surface area contributed by atoms with Gasteiger partial charge in [-0.15, -0.1) is 0 Å². The van der Waals surface area contributed by atoms with Crippen molar-refractivity contribution < 1.29 is 4.79 Å². The predicted molar refractivity (Wildman–Crippen MR) is 30.6 cm³/mol. The molecule has 0 aliphatic carbocycles. The molecule has 0 heterocycles. The Morgan fingerprint density at radius 3 is 2.50 bits per heavy atom. The van der Waals surface area contributed by atoms with E-state index in [1.807, 2.05) is 5.43 Å². The molecule has 0 aromatic carbocycles. The number of carbonyl (C=O) groups is 1. The third kappa shape index (κ3) is 3.58. The molecule has 0 fully saturated rings. The van der Waals surface area contributed by atoms with Gasteiger partial charge in [0.25, 0.3) is 0 Å². The summed E-state index contributed by atoms with van der Waals surface area (Å²) in [5.74, 6) is 4.54. The maximum atomic E-state index is 10.3. The molecule has 0 radical (unpaired) electrons. The van der Waals surface area contributed by atoms with Crippen LogP contribution < -0.4 is 17.0 Å². The molecule has 4 nitrogen and oxygen atoms in total. The predicted octanol–water partition coefficient (Wildman–Crippen LogP) is -1.29. The van der Waals surface area contributed by atoms with Gasteiger partial charge in [-0.2, -0.15) is 0 Å². The molecule has 1 amide bonds. The normalized spacial score (nSPS) is 12.9. The van der Waals surface area contributed by atoms with Crippen molar-refractivity contribution >= 4 is 5.91 Å². The van der Waals surface area contributed by atoms with Crippen LogP contribution in [0.2, 0.25) is 0 Å². The molecule has 0 aliphatic heterocycles. The van der Waals surface area contributed by atoms with Crippen molar-refractivity contribution in [3.05, 3.63) is 0 Å². The summed E-state index contributed by atoms with van der Waals surface area (Å²) in [7, 11) is 0. The zero-order valence-electron chi connectivity index (χ0n) is 4.85. The topological polar surface area (TPSA) is 81.1 Å². The van der Waals surface area contributed by atoms with Crippen LogP contribution in [0.1, 0.15) is 13.3 Å². The molecule has 0 saturated carbocycles. The minimum atomic E-state index is -0.222. The third-order valence-corrected chi connectivity index (χ3v) is 0.668. The van der Waals surface area contributed by atoms with E-state index in [1.165, 1.54) is 0 Å². The number of amides is 1. The molecule has 0 spiro atoms. The molecular weight excluding hydrogens is 106 g/mol. The lowest BCUT2D eigenvalue weighted by Gasteiger charge is -2.00. The zero-order valence-corrected chi connectivity index (χ0v) is 4.85. The van der Waals surface area contributed by atoms with Gasteiger partial charge in [0.05, 0.1) is 0 Å². The highest BCUT2D eigenvalue weighted by atomic mass is 16.2. The summed E-state index contributed by atoms with van der Waals surface area (Å²) in [5, 5.41) is 0. The summed E-state index contributed by atoms with van der Waals surface area (Å²) < 4.78 is 0. The maximum absolute atomic E-state index is 10.3. The van der Waals surface area contributed by atoms with Crippen molar-refractivity contribution in [1.29, 1.82) is 0 Å². The van der Waals surface area contributed by atoms with Crippen LogP contribution in [0.25, 0.3) is 0 Å². The lowest BCUT2D eigenvalue weighted by atomic mass is 10.2. The van der Waals surface area contributed by atoms with E-state index in [2.05, 4.69) is 0 Å². The van der Waals surface area contributed by atoms with Crippen LogP contribution in [0, 0.1) is 0 Å². The van der Waals surface area contributed by atoms with Gasteiger partial charge in [0.2, 0.25) is 5.91 Å². The lowest BCUT2D eigenvalue weighted by Crippen LogP contribution is -2.34. The summed E-state index contributed by atoms with van der Waals surface area (Å²) in [6.45, 7) is 1.75. The van der Waals surface area contributed by atoms with Crippen molar-refractivity contribution in [2.24, 2.45) is 11.6 Å². The molecule has 5 N–H and O–H groups in total. The molecule has 1 atom stereocenters. The molecule has 48 valence electrons. The minimum absolute atomic E-state index is 0.112. The number of rotatable bonds is 2. The van der Waals surface area contributed by atoms with Crippen molar-refractivity contribution in [2.75, 3.05) is 0 Å². The number of hydrazine groups is 1. The first-order valence-corrected chi connectivity index (χ1v) is 2.42. The Morgan fingerprint density at radius 2 is 2.38 bits per heavy atom. The Morgan fingerprint density at radius 1 is 1.88 bits per heavy atom. The monoisotopic (exact) mass is 117 g/mol. The van der Waals surface area contributed by atoms with E-state index in [0.29, 0.717) is 0 Å². The molecule has 0 unspecified atom stereocenters. The highest BCUT2D eigenvalue weighted by Crippen LogP contribution is 1.81. The molecule has 4 heteroatoms. The van der Waals surface area contributed by atoms with Gasteiger partial charge in [0.1, 0.15) is 0 Å². The smallest absolute Gasteiger partial charge is 0.235 e. The molecular formula is C4H11N3O. The van der Waals surface area contributed by atoms with Gasteiger partial charge in [-0.3, -0.25) is 10.2 Å². The van der Waals surface area contributed by atoms with Crippen molar-refractivity contribution in [2.45, 2.75) is 19.4 Å². The Hall–Kier alpha value is -0.610. The second-order valence-corrected chi connectivity index (χ2v) is 1.75. The van der Waals surface area contributed by atoms with Crippen molar-refractivity contribution in [3.63, 3.8) is 0 Å². The van der Waals surface area contributed by atoms with Crippen LogP contribution in [0.3, 0.4) is 0 Å². The lowest BCUT2D eigenvalue weighted by molar-refractivity contribution is -0.121. The highest BCUT2D eigenvalue weighted by molar-refractivity contribution is 5.75. The Labute approximate surface area is 48.2 Å². The zero-order chi connectivity index (χ0) is 6.57. The average molecular weight is 117 g/mol. The first-order valence-electron chi connectivity index (χ1n) is 2.42. The first kappa shape index (κ1) is 7.39. The fourth-order valence-corrected chi connectivity index (χ4v) is 0.351. The van der Waals surface area contributed by atoms with Crippen LogP contribution in [-0.4, -0.2) is 11.9 Å². The van der Waals surface area contributed by atoms with Gasteiger partial charge in [-0.1, -0.05) is 0 Å². The van der Waals surface area contributed by atoms with Crippen LogP contribution in [0.4, 0.5) is 0 Å². The van der Waals surface area contributed by atoms with Gasteiger partial charge < -0.3 is 5.73 Å². The minimum Gasteiger partial charge on any atom is -0.327 e. The van der Waals surface area contributed by atoms with Gasteiger partial charge in [0, 0.05) is 12.5 Å². The van der Waals surface area contributed by atoms with E-state index in [-0.39, 0.29) is 18.4 Å². The van der Waals surface area contributed by atoms with E-state index in [0.717, 1.165) is 0 Å². The molecule has 0 saturated heterocycles. The van der Waals surface area contributed by atoms with Crippen LogP contribution in [0.5, 0.6) is 0 Å². The highest BCUT2D eigenvalue weighted by Gasteiger charge is 2.00. The van der Waals surface area contributed by atoms with Gasteiger partial charge in [-0.05, 0) is 6.92 Å². The van der Waals surface area contributed by atoms with E-state index in [1.54, 1.807) is 6.92 Å². The molecule has 0 aliphatic rings. The summed E-state index contributed by atoms with van der Waals surface area (Å²) in [6, 6.07) is -0.112. The molecule has 0 bridgehead atoms. The second-order valence-electron chi connectivity index (χ2n) is 1.75. The standard InChI is InChI=1S/C4H11N3O/c1-3(5)2-4(8)7-6/h3H,2,5-6H2,1H3,(H,7,8)/t3-/m1/s1. The Kier molecular flexibility index (Phi) is 3.14. The third-order valence-electron chi connectivity index (χ3n) is 0.668. The van der Waals surface area contributed by atoms with E-state index in [9.17, 15) is 4.79 Å². The van der Waals surface area contributed by atoms with Crippen LogP contribution >= 0.6 is 0 Å². The number of carbonyl (C=O) groups excluding carboxylic acids is 1. The molecule has 0 aromatic rings. The maximum Gasteiger partial charge on any atom is 0.235 e. The van der Waals surface area contributed by atoms with E-state index in [4.69, 9.17) is 11.6 Å².